The van der Waals surface area contributed by atoms with E-state index in [1.165, 1.54) is 30.6 Å². The molecule has 1 aromatic heterocycles. The number of hydrogen-bond acceptors (Lipinski definition) is 8. The van der Waals surface area contributed by atoms with Gasteiger partial charge in [-0.15, -0.1) is 11.3 Å². The number of esters is 1. The summed E-state index contributed by atoms with van der Waals surface area (Å²) in [4.78, 5) is 23.1. The highest BCUT2D eigenvalue weighted by atomic mass is 35.5. The van der Waals surface area contributed by atoms with Gasteiger partial charge in [0.2, 0.25) is 0 Å². The van der Waals surface area contributed by atoms with E-state index in [1.807, 2.05) is 0 Å². The quantitative estimate of drug-likeness (QED) is 0.611. The van der Waals surface area contributed by atoms with Crippen molar-refractivity contribution < 1.29 is 27.8 Å². The number of nitrogens with one attached hydrogen (secondary N) is 1. The maximum absolute atomic E-state index is 13.6. The number of hydrogen-bond donors (Lipinski definition) is 2. The van der Waals surface area contributed by atoms with Crippen LogP contribution in [0.3, 0.4) is 0 Å². The predicted octanol–water partition coefficient (Wildman–Crippen LogP) is 2.77. The highest BCUT2D eigenvalue weighted by molar-refractivity contribution is 7.11. The minimum atomic E-state index is -2.88. The molecule has 32 heavy (non-hydrogen) atoms. The fourth-order valence-corrected chi connectivity index (χ4v) is 4.53. The lowest BCUT2D eigenvalue weighted by atomic mass is 9.92. The summed E-state index contributed by atoms with van der Waals surface area (Å²) in [6.07, 6.45) is -1.30. The Kier molecular flexibility index (Phi) is 6.26. The van der Waals surface area contributed by atoms with Crippen LogP contribution in [-0.2, 0) is 9.53 Å². The van der Waals surface area contributed by atoms with Crippen LogP contribution in [0.15, 0.2) is 46.0 Å². The number of carbonyl (C=O) groups excluding carboxylic acids is 1. The van der Waals surface area contributed by atoms with Gasteiger partial charge in [-0.1, -0.05) is 17.7 Å². The number of aliphatic hydroxyl groups is 1. The maximum atomic E-state index is 13.6. The molecule has 1 aromatic carbocycles. The van der Waals surface area contributed by atoms with Gasteiger partial charge in [0.1, 0.15) is 11.9 Å². The molecule has 4 rings (SSSR count). The maximum Gasteiger partial charge on any atom is 0.338 e. The van der Waals surface area contributed by atoms with E-state index in [4.69, 9.17) is 16.3 Å². The molecule has 2 aromatic rings. The van der Waals surface area contributed by atoms with Gasteiger partial charge in [-0.2, -0.15) is 0 Å². The second kappa shape index (κ2) is 8.81. The topological polar surface area (TPSA) is 87.0 Å². The Bertz CT molecular complexity index is 1090. The van der Waals surface area contributed by atoms with Crippen LogP contribution in [0.5, 0.6) is 0 Å². The number of aliphatic imine (C=N–C) groups is 1. The molecule has 1 saturated heterocycles. The third-order valence-electron chi connectivity index (χ3n) is 5.21. The van der Waals surface area contributed by atoms with Crippen molar-refractivity contribution in [1.29, 1.82) is 0 Å². The van der Waals surface area contributed by atoms with Gasteiger partial charge in [-0.05, 0) is 12.1 Å². The minimum Gasteiger partial charge on any atom is -0.466 e. The second-order valence-electron chi connectivity index (χ2n) is 7.44. The molecule has 0 spiro atoms. The standard InChI is InChI=1S/C20H18ClF3N4O3S/c1-31-18(29)14-13(7-28-8-20(30,9-28)19(23)24)26-16(17-25-4-5-32-17)27-15(14)11-3-2-10(22)6-12(11)21/h2-6,15,19,30H,7-9H2,1H3,(H,26,27). The monoisotopic (exact) mass is 486 g/mol. The van der Waals surface area contributed by atoms with E-state index in [0.29, 0.717) is 22.1 Å². The summed E-state index contributed by atoms with van der Waals surface area (Å²) < 4.78 is 44.7. The summed E-state index contributed by atoms with van der Waals surface area (Å²) in [6.45, 7) is -0.495. The van der Waals surface area contributed by atoms with Gasteiger partial charge in [0.05, 0.1) is 12.7 Å². The van der Waals surface area contributed by atoms with Crippen LogP contribution in [-0.4, -0.2) is 65.6 Å². The largest absolute Gasteiger partial charge is 0.466 e. The molecule has 1 atom stereocenters. The molecule has 0 aliphatic carbocycles. The van der Waals surface area contributed by atoms with Crippen molar-refractivity contribution in [3.05, 3.63) is 62.5 Å². The number of carbonyl (C=O) groups is 1. The van der Waals surface area contributed by atoms with E-state index in [1.54, 1.807) is 16.5 Å². The van der Waals surface area contributed by atoms with E-state index >= 15 is 0 Å². The van der Waals surface area contributed by atoms with Gasteiger partial charge in [0.25, 0.3) is 6.43 Å². The van der Waals surface area contributed by atoms with Crippen molar-refractivity contribution in [1.82, 2.24) is 15.2 Å². The zero-order chi connectivity index (χ0) is 23.0. The summed E-state index contributed by atoms with van der Waals surface area (Å²) in [5, 5.41) is 15.3. The van der Waals surface area contributed by atoms with Crippen molar-refractivity contribution in [3.63, 3.8) is 0 Å². The van der Waals surface area contributed by atoms with Gasteiger partial charge in [-0.25, -0.2) is 22.9 Å². The molecule has 2 N–H and O–H groups in total. The number of halogens is 4. The molecule has 3 heterocycles. The number of benzene rings is 1. The summed E-state index contributed by atoms with van der Waals surface area (Å²) in [5.74, 6) is -0.908. The summed E-state index contributed by atoms with van der Waals surface area (Å²) >= 11 is 7.57. The number of methoxy groups -OCH3 is 1. The van der Waals surface area contributed by atoms with Crippen LogP contribution in [0.1, 0.15) is 16.6 Å². The first-order valence-corrected chi connectivity index (χ1v) is 10.7. The number of likely N-dealkylation sites (tertiary alicyclic amines) is 1. The van der Waals surface area contributed by atoms with Gasteiger partial charge in [-0.3, -0.25) is 9.89 Å². The fraction of sp³-hybridized carbons (Fsp3) is 0.350. The minimum absolute atomic E-state index is 0.0408. The first-order chi connectivity index (χ1) is 15.2. The number of thiazole rings is 1. The average Bonchev–Trinajstić information content (AvgIpc) is 3.26. The zero-order valence-electron chi connectivity index (χ0n) is 16.7. The molecule has 0 amide bonds. The van der Waals surface area contributed by atoms with Crippen LogP contribution in [0, 0.1) is 5.82 Å². The number of ether oxygens (including phenoxy) is 1. The van der Waals surface area contributed by atoms with Crippen molar-refractivity contribution in [3.8, 4) is 0 Å². The molecule has 7 nitrogen and oxygen atoms in total. The van der Waals surface area contributed by atoms with E-state index < -0.39 is 29.9 Å². The normalized spacial score (nSPS) is 20.6. The lowest BCUT2D eigenvalue weighted by Crippen LogP contribution is -2.66. The van der Waals surface area contributed by atoms with Gasteiger partial charge in [0, 0.05) is 47.5 Å². The SMILES string of the molecule is COC(=O)C1=C(CN2CC(O)(C(F)F)C2)NC(c2nccs2)=NC1c1ccc(F)cc1Cl. The van der Waals surface area contributed by atoms with E-state index in [-0.39, 0.29) is 30.2 Å². The molecule has 1 fully saturated rings. The average molecular weight is 487 g/mol. The number of aromatic nitrogens is 1. The third-order valence-corrected chi connectivity index (χ3v) is 6.31. The van der Waals surface area contributed by atoms with Crippen molar-refractivity contribution >= 4 is 34.7 Å². The van der Waals surface area contributed by atoms with Crippen LogP contribution in [0.4, 0.5) is 13.2 Å². The molecular weight excluding hydrogens is 469 g/mol. The van der Waals surface area contributed by atoms with Crippen LogP contribution >= 0.6 is 22.9 Å². The molecule has 170 valence electrons. The third kappa shape index (κ3) is 4.25. The molecule has 1 unspecified atom stereocenters. The Morgan fingerprint density at radius 2 is 2.22 bits per heavy atom. The number of rotatable bonds is 6. The smallest absolute Gasteiger partial charge is 0.338 e. The molecule has 12 heteroatoms. The second-order valence-corrected chi connectivity index (χ2v) is 8.74. The molecule has 2 aliphatic rings. The summed E-state index contributed by atoms with van der Waals surface area (Å²) in [6, 6.07) is 2.80. The van der Waals surface area contributed by atoms with Crippen molar-refractivity contribution in [2.75, 3.05) is 26.7 Å². The number of amidine groups is 1. The van der Waals surface area contributed by atoms with Gasteiger partial charge >= 0.3 is 5.97 Å². The molecule has 0 saturated carbocycles. The molecular formula is C20H18ClF3N4O3S. The Hall–Kier alpha value is -2.47. The molecule has 0 bridgehead atoms. The van der Waals surface area contributed by atoms with E-state index in [0.717, 1.165) is 6.07 Å². The predicted molar refractivity (Wildman–Crippen MR) is 112 cm³/mol. The highest BCUT2D eigenvalue weighted by Gasteiger charge is 2.49. The first kappa shape index (κ1) is 22.7. The first-order valence-electron chi connectivity index (χ1n) is 9.45. The van der Waals surface area contributed by atoms with Crippen LogP contribution in [0.25, 0.3) is 0 Å². The Morgan fingerprint density at radius 3 is 2.81 bits per heavy atom. The Morgan fingerprint density at radius 1 is 1.47 bits per heavy atom. The van der Waals surface area contributed by atoms with Crippen LogP contribution in [0.2, 0.25) is 5.02 Å². The summed E-state index contributed by atoms with van der Waals surface area (Å²) in [7, 11) is 1.20. The van der Waals surface area contributed by atoms with Crippen LogP contribution < -0.4 is 5.32 Å². The zero-order valence-corrected chi connectivity index (χ0v) is 18.3. The lowest BCUT2D eigenvalue weighted by Gasteiger charge is -2.46. The van der Waals surface area contributed by atoms with Gasteiger partial charge < -0.3 is 15.2 Å². The van der Waals surface area contributed by atoms with Crippen molar-refractivity contribution in [2.24, 2.45) is 4.99 Å². The highest BCUT2D eigenvalue weighted by Crippen LogP contribution is 2.37. The van der Waals surface area contributed by atoms with E-state index in [9.17, 15) is 23.1 Å². The Balaban J connectivity index is 1.76. The molecule has 0 radical (unpaired) electrons. The number of β-amino-alcohol motifs (C(OH)–C–C–N with tert-alkyl or cyclic N) is 1. The lowest BCUT2D eigenvalue weighted by molar-refractivity contribution is -0.177. The van der Waals surface area contributed by atoms with Gasteiger partial charge in [0.15, 0.2) is 16.4 Å². The number of alkyl halides is 2. The summed E-state index contributed by atoms with van der Waals surface area (Å²) in [5.41, 5.74) is -1.27. The van der Waals surface area contributed by atoms with E-state index in [2.05, 4.69) is 15.3 Å². The fourth-order valence-electron chi connectivity index (χ4n) is 3.67. The molecule has 2 aliphatic heterocycles. The van der Waals surface area contributed by atoms with Crippen molar-refractivity contribution in [2.45, 2.75) is 18.1 Å². The Labute approximate surface area is 190 Å². The number of nitrogens with zero attached hydrogens (tertiary/aromatic N) is 3.